The molecule has 0 fully saturated rings. The van der Waals surface area contributed by atoms with Crippen molar-refractivity contribution in [1.29, 1.82) is 0 Å². The molecule has 0 aliphatic heterocycles. The molecule has 0 saturated carbocycles. The molecule has 3 heteroatoms. The Bertz CT molecular complexity index is 383. The van der Waals surface area contributed by atoms with E-state index in [4.69, 9.17) is 5.11 Å². The SMILES string of the molecule is C/C=C/CCc1ccc(C(=O)O)c(F)c1. The molecule has 0 aliphatic carbocycles. The number of aromatic carboxylic acids is 1. The third-order valence-electron chi connectivity index (χ3n) is 2.10. The lowest BCUT2D eigenvalue weighted by atomic mass is 10.1. The zero-order chi connectivity index (χ0) is 11.3. The fraction of sp³-hybridized carbons (Fsp3) is 0.250. The fourth-order valence-electron chi connectivity index (χ4n) is 1.30. The highest BCUT2D eigenvalue weighted by Crippen LogP contribution is 2.12. The summed E-state index contributed by atoms with van der Waals surface area (Å²) >= 11 is 0. The Balaban J connectivity index is 2.77. The third-order valence-corrected chi connectivity index (χ3v) is 2.10. The van der Waals surface area contributed by atoms with E-state index >= 15 is 0 Å². The normalized spacial score (nSPS) is 10.8. The summed E-state index contributed by atoms with van der Waals surface area (Å²) < 4.78 is 13.2. The maximum absolute atomic E-state index is 13.2. The lowest BCUT2D eigenvalue weighted by molar-refractivity contribution is 0.0692. The van der Waals surface area contributed by atoms with Gasteiger partial charge in [-0.15, -0.1) is 0 Å². The van der Waals surface area contributed by atoms with Gasteiger partial charge in [0.15, 0.2) is 0 Å². The molecular formula is C12H13FO2. The van der Waals surface area contributed by atoms with Crippen LogP contribution in [0.1, 0.15) is 29.3 Å². The van der Waals surface area contributed by atoms with Gasteiger partial charge in [0.2, 0.25) is 0 Å². The minimum absolute atomic E-state index is 0.273. The van der Waals surface area contributed by atoms with Crippen molar-refractivity contribution in [3.63, 3.8) is 0 Å². The van der Waals surface area contributed by atoms with Crippen molar-refractivity contribution in [3.8, 4) is 0 Å². The number of carboxylic acids is 1. The summed E-state index contributed by atoms with van der Waals surface area (Å²) in [7, 11) is 0. The van der Waals surface area contributed by atoms with Crippen molar-refractivity contribution in [2.75, 3.05) is 0 Å². The maximum atomic E-state index is 13.2. The van der Waals surface area contributed by atoms with Crippen LogP contribution in [0.15, 0.2) is 30.4 Å². The van der Waals surface area contributed by atoms with E-state index in [2.05, 4.69) is 0 Å². The van der Waals surface area contributed by atoms with Gasteiger partial charge in [0.1, 0.15) is 5.82 Å². The lowest BCUT2D eigenvalue weighted by Gasteiger charge is -2.01. The molecule has 0 amide bonds. The zero-order valence-electron chi connectivity index (χ0n) is 8.53. The molecule has 1 aromatic rings. The molecular weight excluding hydrogens is 195 g/mol. The summed E-state index contributed by atoms with van der Waals surface area (Å²) in [5.74, 6) is -1.90. The molecule has 15 heavy (non-hydrogen) atoms. The van der Waals surface area contributed by atoms with Crippen molar-refractivity contribution in [2.45, 2.75) is 19.8 Å². The van der Waals surface area contributed by atoms with Gasteiger partial charge in [0.05, 0.1) is 5.56 Å². The van der Waals surface area contributed by atoms with Gasteiger partial charge in [0.25, 0.3) is 0 Å². The van der Waals surface area contributed by atoms with Crippen molar-refractivity contribution in [2.24, 2.45) is 0 Å². The van der Waals surface area contributed by atoms with Crippen LogP contribution in [0.5, 0.6) is 0 Å². The van der Waals surface area contributed by atoms with Crippen LogP contribution in [-0.2, 0) is 6.42 Å². The van der Waals surface area contributed by atoms with Crippen LogP contribution in [0, 0.1) is 5.82 Å². The first kappa shape index (κ1) is 11.4. The second-order valence-corrected chi connectivity index (χ2v) is 3.23. The van der Waals surface area contributed by atoms with Crippen molar-refractivity contribution >= 4 is 5.97 Å². The van der Waals surface area contributed by atoms with Crippen LogP contribution in [-0.4, -0.2) is 11.1 Å². The molecule has 0 radical (unpaired) electrons. The number of carboxylic acid groups (broad SMARTS) is 1. The summed E-state index contributed by atoms with van der Waals surface area (Å²) in [6.45, 7) is 1.92. The molecule has 0 aromatic heterocycles. The van der Waals surface area contributed by atoms with E-state index in [1.165, 1.54) is 12.1 Å². The summed E-state index contributed by atoms with van der Waals surface area (Å²) in [4.78, 5) is 10.5. The average molecular weight is 208 g/mol. The monoisotopic (exact) mass is 208 g/mol. The molecule has 0 saturated heterocycles. The van der Waals surface area contributed by atoms with Gasteiger partial charge >= 0.3 is 5.97 Å². The summed E-state index contributed by atoms with van der Waals surface area (Å²) in [5.41, 5.74) is 0.542. The van der Waals surface area contributed by atoms with Gasteiger partial charge in [-0.1, -0.05) is 18.2 Å². The van der Waals surface area contributed by atoms with Crippen LogP contribution < -0.4 is 0 Å². The predicted molar refractivity (Wildman–Crippen MR) is 56.5 cm³/mol. The van der Waals surface area contributed by atoms with E-state index in [0.29, 0.717) is 0 Å². The largest absolute Gasteiger partial charge is 0.478 e. The highest BCUT2D eigenvalue weighted by atomic mass is 19.1. The molecule has 0 bridgehead atoms. The molecule has 0 aliphatic rings. The van der Waals surface area contributed by atoms with Gasteiger partial charge < -0.3 is 5.11 Å². The molecule has 0 spiro atoms. The van der Waals surface area contributed by atoms with E-state index in [9.17, 15) is 9.18 Å². The first-order valence-electron chi connectivity index (χ1n) is 4.78. The molecule has 0 atom stereocenters. The smallest absolute Gasteiger partial charge is 0.338 e. The lowest BCUT2D eigenvalue weighted by Crippen LogP contribution is -2.01. The van der Waals surface area contributed by atoms with Gasteiger partial charge in [-0.3, -0.25) is 0 Å². The number of rotatable bonds is 4. The van der Waals surface area contributed by atoms with Gasteiger partial charge in [-0.2, -0.15) is 0 Å². The second-order valence-electron chi connectivity index (χ2n) is 3.23. The average Bonchev–Trinajstić information content (AvgIpc) is 2.17. The van der Waals surface area contributed by atoms with Gasteiger partial charge in [-0.25, -0.2) is 9.18 Å². The maximum Gasteiger partial charge on any atom is 0.338 e. The number of hydrogen-bond acceptors (Lipinski definition) is 1. The Morgan fingerprint density at radius 3 is 2.80 bits per heavy atom. The highest BCUT2D eigenvalue weighted by molar-refractivity contribution is 5.87. The number of benzene rings is 1. The molecule has 0 heterocycles. The molecule has 1 N–H and O–H groups in total. The summed E-state index contributed by atoms with van der Waals surface area (Å²) in [6, 6.07) is 4.24. The molecule has 1 rings (SSSR count). The standard InChI is InChI=1S/C12H13FO2/c1-2-3-4-5-9-6-7-10(12(14)15)11(13)8-9/h2-3,6-8H,4-5H2,1H3,(H,14,15)/b3-2+. The first-order valence-corrected chi connectivity index (χ1v) is 4.78. The number of allylic oxidation sites excluding steroid dienone is 2. The van der Waals surface area contributed by atoms with E-state index in [1.807, 2.05) is 19.1 Å². The van der Waals surface area contributed by atoms with Crippen LogP contribution in [0.4, 0.5) is 4.39 Å². The predicted octanol–water partition coefficient (Wildman–Crippen LogP) is 3.03. The Kier molecular flexibility index (Phi) is 4.03. The second kappa shape index (κ2) is 5.29. The van der Waals surface area contributed by atoms with Crippen LogP contribution >= 0.6 is 0 Å². The number of carbonyl (C=O) groups is 1. The Morgan fingerprint density at radius 2 is 2.27 bits per heavy atom. The van der Waals surface area contributed by atoms with E-state index < -0.39 is 11.8 Å². The Labute approximate surface area is 88.1 Å². The minimum Gasteiger partial charge on any atom is -0.478 e. The van der Waals surface area contributed by atoms with E-state index in [1.54, 1.807) is 6.07 Å². The quantitative estimate of drug-likeness (QED) is 0.772. The highest BCUT2D eigenvalue weighted by Gasteiger charge is 2.09. The van der Waals surface area contributed by atoms with Crippen molar-refractivity contribution in [1.82, 2.24) is 0 Å². The molecule has 80 valence electrons. The minimum atomic E-state index is -1.23. The Hall–Kier alpha value is -1.64. The molecule has 1 aromatic carbocycles. The first-order chi connectivity index (χ1) is 7.15. The van der Waals surface area contributed by atoms with Crippen LogP contribution in [0.3, 0.4) is 0 Å². The van der Waals surface area contributed by atoms with Crippen LogP contribution in [0.2, 0.25) is 0 Å². The fourth-order valence-corrected chi connectivity index (χ4v) is 1.30. The Morgan fingerprint density at radius 1 is 1.53 bits per heavy atom. The van der Waals surface area contributed by atoms with Gasteiger partial charge in [-0.05, 0) is 37.5 Å². The van der Waals surface area contributed by atoms with Crippen molar-refractivity contribution < 1.29 is 14.3 Å². The van der Waals surface area contributed by atoms with Crippen LogP contribution in [0.25, 0.3) is 0 Å². The van der Waals surface area contributed by atoms with E-state index in [-0.39, 0.29) is 5.56 Å². The molecule has 0 unspecified atom stereocenters. The van der Waals surface area contributed by atoms with Gasteiger partial charge in [0, 0.05) is 0 Å². The van der Waals surface area contributed by atoms with Crippen molar-refractivity contribution in [3.05, 3.63) is 47.3 Å². The molecule has 2 nitrogen and oxygen atoms in total. The third kappa shape index (κ3) is 3.20. The zero-order valence-corrected chi connectivity index (χ0v) is 8.53. The number of aryl methyl sites for hydroxylation is 1. The number of halogens is 1. The number of hydrogen-bond donors (Lipinski definition) is 1. The topological polar surface area (TPSA) is 37.3 Å². The van der Waals surface area contributed by atoms with E-state index in [0.717, 1.165) is 18.4 Å². The summed E-state index contributed by atoms with van der Waals surface area (Å²) in [5, 5.41) is 8.62. The summed E-state index contributed by atoms with van der Waals surface area (Å²) in [6.07, 6.45) is 5.48.